The molecule has 2 N–H and O–H groups in total. The van der Waals surface area contributed by atoms with Gasteiger partial charge in [-0.3, -0.25) is 9.89 Å². The van der Waals surface area contributed by atoms with Crippen LogP contribution in [0.25, 0.3) is 11.5 Å². The summed E-state index contributed by atoms with van der Waals surface area (Å²) in [5.74, 6) is 0.00763. The van der Waals surface area contributed by atoms with Gasteiger partial charge in [0.1, 0.15) is 11.4 Å². The monoisotopic (exact) mass is 319 g/mol. The number of furan rings is 1. The highest BCUT2D eigenvalue weighted by atomic mass is 19.3. The maximum absolute atomic E-state index is 12.2. The first kappa shape index (κ1) is 14.8. The molecule has 0 saturated carbocycles. The van der Waals surface area contributed by atoms with Crippen molar-refractivity contribution < 1.29 is 22.7 Å². The van der Waals surface area contributed by atoms with Gasteiger partial charge in [-0.15, -0.1) is 0 Å². The summed E-state index contributed by atoms with van der Waals surface area (Å²) in [7, 11) is 0. The Kier molecular flexibility index (Phi) is 4.05. The molecule has 2 aromatic heterocycles. The molecule has 2 heterocycles. The van der Waals surface area contributed by atoms with Gasteiger partial charge in [-0.25, -0.2) is 0 Å². The lowest BCUT2D eigenvalue weighted by molar-refractivity contribution is -0.0497. The summed E-state index contributed by atoms with van der Waals surface area (Å²) in [4.78, 5) is 12.1. The van der Waals surface area contributed by atoms with E-state index in [1.165, 1.54) is 30.5 Å². The molecule has 3 rings (SSSR count). The van der Waals surface area contributed by atoms with Crippen molar-refractivity contribution in [3.8, 4) is 17.2 Å². The zero-order valence-corrected chi connectivity index (χ0v) is 11.6. The number of alkyl halides is 2. The molecule has 0 saturated heterocycles. The molecule has 0 bridgehead atoms. The molecule has 8 heteroatoms. The number of carbonyl (C=O) groups is 1. The van der Waals surface area contributed by atoms with Gasteiger partial charge in [-0.1, -0.05) is 6.07 Å². The summed E-state index contributed by atoms with van der Waals surface area (Å²) in [6, 6.07) is 10.7. The molecule has 0 aliphatic rings. The molecule has 1 aromatic carbocycles. The third-order valence-electron chi connectivity index (χ3n) is 2.91. The van der Waals surface area contributed by atoms with Crippen LogP contribution < -0.4 is 10.1 Å². The van der Waals surface area contributed by atoms with Gasteiger partial charge >= 0.3 is 6.61 Å². The van der Waals surface area contributed by atoms with Crippen molar-refractivity contribution in [2.45, 2.75) is 6.61 Å². The Morgan fingerprint density at radius 3 is 2.87 bits per heavy atom. The molecule has 0 aliphatic carbocycles. The van der Waals surface area contributed by atoms with Gasteiger partial charge in [0, 0.05) is 17.8 Å². The number of hydrogen-bond acceptors (Lipinski definition) is 4. The highest BCUT2D eigenvalue weighted by Gasteiger charge is 2.13. The van der Waals surface area contributed by atoms with E-state index in [1.54, 1.807) is 18.2 Å². The first-order chi connectivity index (χ1) is 11.1. The van der Waals surface area contributed by atoms with Crippen LogP contribution in [0.2, 0.25) is 0 Å². The first-order valence-corrected chi connectivity index (χ1v) is 6.57. The number of carbonyl (C=O) groups excluding carboxylic acids is 1. The van der Waals surface area contributed by atoms with Crippen LogP contribution in [0, 0.1) is 0 Å². The number of nitrogens with zero attached hydrogens (tertiary/aromatic N) is 1. The van der Waals surface area contributed by atoms with E-state index in [2.05, 4.69) is 20.3 Å². The molecule has 0 radical (unpaired) electrons. The second-order valence-corrected chi connectivity index (χ2v) is 4.50. The fourth-order valence-electron chi connectivity index (χ4n) is 1.94. The van der Waals surface area contributed by atoms with Crippen molar-refractivity contribution in [3.05, 3.63) is 54.4 Å². The molecular formula is C15H11F2N3O3. The largest absolute Gasteiger partial charge is 0.463 e. The van der Waals surface area contributed by atoms with Crippen LogP contribution in [-0.4, -0.2) is 22.7 Å². The second-order valence-electron chi connectivity index (χ2n) is 4.50. The summed E-state index contributed by atoms with van der Waals surface area (Å²) < 4.78 is 33.8. The number of rotatable bonds is 5. The molecular weight excluding hydrogens is 308 g/mol. The predicted molar refractivity (Wildman–Crippen MR) is 77.3 cm³/mol. The van der Waals surface area contributed by atoms with Crippen molar-refractivity contribution >= 4 is 11.6 Å². The van der Waals surface area contributed by atoms with E-state index in [0.717, 1.165) is 0 Å². The van der Waals surface area contributed by atoms with Gasteiger partial charge in [0.05, 0.1) is 6.26 Å². The highest BCUT2D eigenvalue weighted by molar-refractivity contribution is 6.03. The number of anilines is 1. The van der Waals surface area contributed by atoms with Crippen molar-refractivity contribution in [2.24, 2.45) is 0 Å². The van der Waals surface area contributed by atoms with E-state index in [1.807, 2.05) is 0 Å². The van der Waals surface area contributed by atoms with Crippen molar-refractivity contribution in [2.75, 3.05) is 5.32 Å². The Morgan fingerprint density at radius 2 is 2.13 bits per heavy atom. The van der Waals surface area contributed by atoms with Crippen molar-refractivity contribution in [3.63, 3.8) is 0 Å². The molecule has 118 valence electrons. The number of benzene rings is 1. The third kappa shape index (κ3) is 3.54. The lowest BCUT2D eigenvalue weighted by Crippen LogP contribution is -2.12. The number of halogens is 2. The van der Waals surface area contributed by atoms with Gasteiger partial charge < -0.3 is 14.5 Å². The van der Waals surface area contributed by atoms with Crippen LogP contribution in [0.5, 0.6) is 5.75 Å². The van der Waals surface area contributed by atoms with Crippen LogP contribution in [0.4, 0.5) is 14.5 Å². The van der Waals surface area contributed by atoms with Crippen LogP contribution >= 0.6 is 0 Å². The standard InChI is InChI=1S/C15H11F2N3O3/c16-15(17)23-10-4-1-3-9(7-10)18-14(21)12-8-11(19-20-12)13-5-2-6-22-13/h1-8,15H,(H,18,21)(H,19,20). The minimum absolute atomic E-state index is 0.0453. The van der Waals surface area contributed by atoms with Crippen LogP contribution in [0.3, 0.4) is 0 Å². The lowest BCUT2D eigenvalue weighted by atomic mass is 10.2. The molecule has 3 aromatic rings. The number of aromatic amines is 1. The van der Waals surface area contributed by atoms with E-state index in [4.69, 9.17) is 4.42 Å². The number of amides is 1. The van der Waals surface area contributed by atoms with Crippen LogP contribution in [0.1, 0.15) is 10.5 Å². The predicted octanol–water partition coefficient (Wildman–Crippen LogP) is 3.52. The lowest BCUT2D eigenvalue weighted by Gasteiger charge is -2.07. The maximum atomic E-state index is 12.2. The van der Waals surface area contributed by atoms with Gasteiger partial charge in [-0.2, -0.15) is 13.9 Å². The third-order valence-corrected chi connectivity index (χ3v) is 2.91. The Hall–Kier alpha value is -3.16. The average molecular weight is 319 g/mol. The highest BCUT2D eigenvalue weighted by Crippen LogP contribution is 2.21. The average Bonchev–Trinajstić information content (AvgIpc) is 3.18. The molecule has 0 atom stereocenters. The molecule has 0 aliphatic heterocycles. The summed E-state index contributed by atoms with van der Waals surface area (Å²) in [6.45, 7) is -2.93. The first-order valence-electron chi connectivity index (χ1n) is 6.57. The summed E-state index contributed by atoms with van der Waals surface area (Å²) >= 11 is 0. The van der Waals surface area contributed by atoms with Gasteiger partial charge in [-0.05, 0) is 24.3 Å². The minimum atomic E-state index is -2.93. The van der Waals surface area contributed by atoms with Crippen LogP contribution in [0.15, 0.2) is 53.1 Å². The minimum Gasteiger partial charge on any atom is -0.463 e. The molecule has 6 nitrogen and oxygen atoms in total. The van der Waals surface area contributed by atoms with Gasteiger partial charge in [0.25, 0.3) is 5.91 Å². The number of hydrogen-bond donors (Lipinski definition) is 2. The van der Waals surface area contributed by atoms with Crippen molar-refractivity contribution in [1.29, 1.82) is 0 Å². The van der Waals surface area contributed by atoms with E-state index in [9.17, 15) is 13.6 Å². The van der Waals surface area contributed by atoms with Crippen molar-refractivity contribution in [1.82, 2.24) is 10.2 Å². The molecule has 1 amide bonds. The Labute approximate surface area is 129 Å². The molecule has 0 unspecified atom stereocenters. The zero-order chi connectivity index (χ0) is 16.2. The fraction of sp³-hybridized carbons (Fsp3) is 0.0667. The van der Waals surface area contributed by atoms with Gasteiger partial charge in [0.15, 0.2) is 11.5 Å². The van der Waals surface area contributed by atoms with E-state index >= 15 is 0 Å². The fourth-order valence-corrected chi connectivity index (χ4v) is 1.94. The van der Waals surface area contributed by atoms with Gasteiger partial charge in [0.2, 0.25) is 0 Å². The van der Waals surface area contributed by atoms with E-state index in [-0.39, 0.29) is 11.4 Å². The Morgan fingerprint density at radius 1 is 1.26 bits per heavy atom. The zero-order valence-electron chi connectivity index (χ0n) is 11.6. The topological polar surface area (TPSA) is 80.1 Å². The van der Waals surface area contributed by atoms with E-state index < -0.39 is 12.5 Å². The number of aromatic nitrogens is 2. The smallest absolute Gasteiger partial charge is 0.387 e. The number of H-pyrrole nitrogens is 1. The van der Waals surface area contributed by atoms with E-state index in [0.29, 0.717) is 17.1 Å². The quantitative estimate of drug-likeness (QED) is 0.754. The number of nitrogens with one attached hydrogen (secondary N) is 2. The molecule has 0 spiro atoms. The maximum Gasteiger partial charge on any atom is 0.387 e. The Balaban J connectivity index is 1.72. The SMILES string of the molecule is O=C(Nc1cccc(OC(F)F)c1)c1cc(-c2ccco2)[nH]n1. The normalized spacial score (nSPS) is 10.7. The second kappa shape index (κ2) is 6.30. The summed E-state index contributed by atoms with van der Waals surface area (Å²) in [5, 5.41) is 9.13. The summed E-state index contributed by atoms with van der Waals surface area (Å²) in [5.41, 5.74) is 1.00. The number of ether oxygens (including phenoxy) is 1. The molecule has 0 fully saturated rings. The molecule has 23 heavy (non-hydrogen) atoms. The Bertz CT molecular complexity index is 800. The summed E-state index contributed by atoms with van der Waals surface area (Å²) in [6.07, 6.45) is 1.50. The van der Waals surface area contributed by atoms with Crippen LogP contribution in [-0.2, 0) is 0 Å².